The maximum absolute atomic E-state index is 13.4. The zero-order chi connectivity index (χ0) is 24.4. The summed E-state index contributed by atoms with van der Waals surface area (Å²) in [6, 6.07) is 21.4. The molecule has 1 amide bonds. The third-order valence-electron chi connectivity index (χ3n) is 6.25. The van der Waals surface area contributed by atoms with E-state index in [-0.39, 0.29) is 23.0 Å². The number of halogens is 1. The van der Waals surface area contributed by atoms with Gasteiger partial charge in [-0.1, -0.05) is 42.1 Å². The average Bonchev–Trinajstić information content (AvgIpc) is 2.89. The number of hydrogen-bond donors (Lipinski definition) is 0. The summed E-state index contributed by atoms with van der Waals surface area (Å²) in [5, 5.41) is 1.05. The zero-order valence-corrected chi connectivity index (χ0v) is 20.2. The number of thioether (sulfide) groups is 1. The highest BCUT2D eigenvalue weighted by molar-refractivity contribution is 7.99. The average molecular weight is 489 g/mol. The number of carbonyl (C=O) groups is 1. The summed E-state index contributed by atoms with van der Waals surface area (Å²) in [6.07, 6.45) is 0. The molecule has 0 saturated carbocycles. The summed E-state index contributed by atoms with van der Waals surface area (Å²) in [5.41, 5.74) is 3.14. The maximum Gasteiger partial charge on any atom is 0.266 e. The van der Waals surface area contributed by atoms with Crippen LogP contribution in [0.15, 0.2) is 82.7 Å². The molecule has 0 atom stereocenters. The number of amides is 1. The van der Waals surface area contributed by atoms with Gasteiger partial charge >= 0.3 is 0 Å². The number of aromatic nitrogens is 2. The standard InChI is InChI=1S/C27H25FN4O2S/c1-19-6-2-5-9-24(19)32-26(34)22-7-3-4-8-23(22)29-27(32)35-18-25(33)31-16-14-30(15-17-31)21-12-10-20(28)11-13-21/h2-13H,14-18H2,1H3. The molecule has 8 heteroatoms. The van der Waals surface area contributed by atoms with Gasteiger partial charge in [-0.3, -0.25) is 14.2 Å². The molecule has 1 aliphatic rings. The molecule has 6 nitrogen and oxygen atoms in total. The SMILES string of the molecule is Cc1ccccc1-n1c(SCC(=O)N2CCN(c3ccc(F)cc3)CC2)nc2ccccc2c1=O. The van der Waals surface area contributed by atoms with Gasteiger partial charge in [-0.25, -0.2) is 9.37 Å². The number of para-hydroxylation sites is 2. The molecule has 0 radical (unpaired) electrons. The van der Waals surface area contributed by atoms with Gasteiger partial charge in [0.05, 0.1) is 22.3 Å². The van der Waals surface area contributed by atoms with Gasteiger partial charge in [-0.05, 0) is 55.0 Å². The van der Waals surface area contributed by atoms with Crippen LogP contribution in [0.3, 0.4) is 0 Å². The quantitative estimate of drug-likeness (QED) is 0.310. The fourth-order valence-electron chi connectivity index (χ4n) is 4.32. The van der Waals surface area contributed by atoms with Gasteiger partial charge in [0.2, 0.25) is 5.91 Å². The summed E-state index contributed by atoms with van der Waals surface area (Å²) in [7, 11) is 0. The molecule has 178 valence electrons. The van der Waals surface area contributed by atoms with Crippen LogP contribution in [0.25, 0.3) is 16.6 Å². The number of hydrogen-bond acceptors (Lipinski definition) is 5. The van der Waals surface area contributed by atoms with Crippen molar-refractivity contribution in [2.45, 2.75) is 12.1 Å². The number of benzene rings is 3. The number of carbonyl (C=O) groups excluding carboxylic acids is 1. The Morgan fingerprint density at radius 3 is 2.37 bits per heavy atom. The predicted molar refractivity (Wildman–Crippen MR) is 138 cm³/mol. The molecule has 2 heterocycles. The third-order valence-corrected chi connectivity index (χ3v) is 7.17. The monoisotopic (exact) mass is 488 g/mol. The van der Waals surface area contributed by atoms with E-state index < -0.39 is 0 Å². The summed E-state index contributed by atoms with van der Waals surface area (Å²) in [6.45, 7) is 4.50. The molecule has 0 spiro atoms. The van der Waals surface area contributed by atoms with E-state index in [2.05, 4.69) is 4.90 Å². The highest BCUT2D eigenvalue weighted by atomic mass is 32.2. The van der Waals surface area contributed by atoms with Gasteiger partial charge in [0.1, 0.15) is 5.82 Å². The van der Waals surface area contributed by atoms with Crippen LogP contribution in [0.4, 0.5) is 10.1 Å². The number of piperazine rings is 1. The molecule has 5 rings (SSSR count). The van der Waals surface area contributed by atoms with E-state index in [1.165, 1.54) is 23.9 Å². The molecule has 1 aliphatic heterocycles. The molecule has 0 aliphatic carbocycles. The van der Waals surface area contributed by atoms with Crippen molar-refractivity contribution >= 4 is 34.3 Å². The van der Waals surface area contributed by atoms with E-state index in [1.54, 1.807) is 22.8 Å². The Bertz CT molecular complexity index is 1430. The molecule has 0 N–H and O–H groups in total. The van der Waals surface area contributed by atoms with Crippen LogP contribution in [0, 0.1) is 12.7 Å². The van der Waals surface area contributed by atoms with Crippen molar-refractivity contribution in [2.24, 2.45) is 0 Å². The molecular weight excluding hydrogens is 463 g/mol. The summed E-state index contributed by atoms with van der Waals surface area (Å²) in [4.78, 5) is 35.2. The minimum absolute atomic E-state index is 0.00694. The third kappa shape index (κ3) is 4.79. The summed E-state index contributed by atoms with van der Waals surface area (Å²) in [5.74, 6) is -0.0636. The molecule has 1 aromatic heterocycles. The van der Waals surface area contributed by atoms with E-state index in [9.17, 15) is 14.0 Å². The first-order valence-corrected chi connectivity index (χ1v) is 12.5. The van der Waals surface area contributed by atoms with E-state index in [0.29, 0.717) is 42.2 Å². The van der Waals surface area contributed by atoms with Crippen molar-refractivity contribution in [3.63, 3.8) is 0 Å². The highest BCUT2D eigenvalue weighted by Gasteiger charge is 2.23. The minimum Gasteiger partial charge on any atom is -0.368 e. The molecule has 0 bridgehead atoms. The Morgan fingerprint density at radius 2 is 1.63 bits per heavy atom. The highest BCUT2D eigenvalue weighted by Crippen LogP contribution is 2.24. The number of aryl methyl sites for hydroxylation is 1. The predicted octanol–water partition coefficient (Wildman–Crippen LogP) is 4.27. The summed E-state index contributed by atoms with van der Waals surface area (Å²) < 4.78 is 14.8. The molecule has 1 saturated heterocycles. The molecule has 0 unspecified atom stereocenters. The van der Waals surface area contributed by atoms with Crippen LogP contribution in [-0.4, -0.2) is 52.3 Å². The van der Waals surface area contributed by atoms with Gasteiger partial charge in [0.15, 0.2) is 5.16 Å². The lowest BCUT2D eigenvalue weighted by molar-refractivity contribution is -0.128. The van der Waals surface area contributed by atoms with Crippen molar-refractivity contribution in [1.82, 2.24) is 14.5 Å². The minimum atomic E-state index is -0.258. The van der Waals surface area contributed by atoms with Crippen molar-refractivity contribution in [3.8, 4) is 5.69 Å². The first-order valence-electron chi connectivity index (χ1n) is 11.5. The van der Waals surface area contributed by atoms with Crippen molar-refractivity contribution < 1.29 is 9.18 Å². The Kier molecular flexibility index (Phi) is 6.55. The molecule has 35 heavy (non-hydrogen) atoms. The van der Waals surface area contributed by atoms with Crippen molar-refractivity contribution in [2.75, 3.05) is 36.8 Å². The number of anilines is 1. The van der Waals surface area contributed by atoms with Gasteiger partial charge in [0.25, 0.3) is 5.56 Å². The Balaban J connectivity index is 1.34. The van der Waals surface area contributed by atoms with E-state index in [4.69, 9.17) is 4.98 Å². The maximum atomic E-state index is 13.4. The topological polar surface area (TPSA) is 58.4 Å². The second-order valence-electron chi connectivity index (χ2n) is 8.47. The number of nitrogens with zero attached hydrogens (tertiary/aromatic N) is 4. The normalized spacial score (nSPS) is 13.9. The van der Waals surface area contributed by atoms with E-state index >= 15 is 0 Å². The van der Waals surface area contributed by atoms with Crippen LogP contribution < -0.4 is 10.5 Å². The first-order chi connectivity index (χ1) is 17.0. The van der Waals surface area contributed by atoms with E-state index in [1.807, 2.05) is 54.3 Å². The Labute approximate surface area is 207 Å². The Hall–Kier alpha value is -3.65. The van der Waals surface area contributed by atoms with Crippen LogP contribution in [0.2, 0.25) is 0 Å². The number of rotatable bonds is 5. The molecular formula is C27H25FN4O2S. The van der Waals surface area contributed by atoms with Gasteiger partial charge in [-0.2, -0.15) is 0 Å². The lowest BCUT2D eigenvalue weighted by Gasteiger charge is -2.36. The molecule has 1 fully saturated rings. The van der Waals surface area contributed by atoms with E-state index in [0.717, 1.165) is 16.9 Å². The smallest absolute Gasteiger partial charge is 0.266 e. The van der Waals surface area contributed by atoms with Crippen LogP contribution in [0.1, 0.15) is 5.56 Å². The fourth-order valence-corrected chi connectivity index (χ4v) is 5.23. The molecule has 4 aromatic rings. The lowest BCUT2D eigenvalue weighted by atomic mass is 10.2. The first kappa shape index (κ1) is 23.1. The van der Waals surface area contributed by atoms with Crippen molar-refractivity contribution in [1.29, 1.82) is 0 Å². The second kappa shape index (κ2) is 9.92. The van der Waals surface area contributed by atoms with Gasteiger partial charge in [-0.15, -0.1) is 0 Å². The van der Waals surface area contributed by atoms with Gasteiger partial charge < -0.3 is 9.80 Å². The Morgan fingerprint density at radius 1 is 0.943 bits per heavy atom. The summed E-state index contributed by atoms with van der Waals surface area (Å²) >= 11 is 1.29. The van der Waals surface area contributed by atoms with Crippen LogP contribution in [-0.2, 0) is 4.79 Å². The van der Waals surface area contributed by atoms with Crippen LogP contribution in [0.5, 0.6) is 0 Å². The second-order valence-corrected chi connectivity index (χ2v) is 9.41. The fraction of sp³-hybridized carbons (Fsp3) is 0.222. The largest absolute Gasteiger partial charge is 0.368 e. The zero-order valence-electron chi connectivity index (χ0n) is 19.4. The lowest BCUT2D eigenvalue weighted by Crippen LogP contribution is -2.49. The van der Waals surface area contributed by atoms with Crippen molar-refractivity contribution in [3.05, 3.63) is 94.5 Å². The molecule has 3 aromatic carbocycles. The van der Waals surface area contributed by atoms with Gasteiger partial charge in [0, 0.05) is 31.9 Å². The van der Waals surface area contributed by atoms with Crippen LogP contribution >= 0.6 is 11.8 Å². The number of fused-ring (bicyclic) bond motifs is 1.